The topological polar surface area (TPSA) is 59.8 Å². The van der Waals surface area contributed by atoms with Gasteiger partial charge in [0.25, 0.3) is 0 Å². The summed E-state index contributed by atoms with van der Waals surface area (Å²) in [5.41, 5.74) is 3.04. The molecule has 0 amide bonds. The average molecular weight is 285 g/mol. The molecule has 2 aliphatic heterocycles. The van der Waals surface area contributed by atoms with Crippen molar-refractivity contribution in [2.24, 2.45) is 11.8 Å². The van der Waals surface area contributed by atoms with E-state index in [-0.39, 0.29) is 5.60 Å². The summed E-state index contributed by atoms with van der Waals surface area (Å²) in [5.74, 6) is 6.42. The second-order valence-electron chi connectivity index (χ2n) is 6.18. The molecular formula is C15H31N3O2. The van der Waals surface area contributed by atoms with Crippen LogP contribution in [-0.2, 0) is 9.47 Å². The fourth-order valence-electron chi connectivity index (χ4n) is 3.59. The molecule has 2 aliphatic rings. The molecule has 20 heavy (non-hydrogen) atoms. The Morgan fingerprint density at radius 3 is 2.75 bits per heavy atom. The fourth-order valence-corrected chi connectivity index (χ4v) is 3.59. The molecule has 0 saturated carbocycles. The monoisotopic (exact) mass is 285 g/mol. The molecule has 5 nitrogen and oxygen atoms in total. The largest absolute Gasteiger partial charge is 0.378 e. The van der Waals surface area contributed by atoms with E-state index in [4.69, 9.17) is 15.3 Å². The van der Waals surface area contributed by atoms with Crippen LogP contribution in [0.15, 0.2) is 0 Å². The fraction of sp³-hybridized carbons (Fsp3) is 1.00. The minimum absolute atomic E-state index is 0.0206. The number of nitrogens with zero attached hydrogens (tertiary/aromatic N) is 1. The molecule has 3 N–H and O–H groups in total. The van der Waals surface area contributed by atoms with E-state index in [0.717, 1.165) is 65.1 Å². The van der Waals surface area contributed by atoms with Crippen molar-refractivity contribution in [3.05, 3.63) is 0 Å². The summed E-state index contributed by atoms with van der Waals surface area (Å²) >= 11 is 0. The number of nitrogens with two attached hydrogens (primary N) is 1. The molecule has 0 aromatic heterocycles. The average Bonchev–Trinajstić information content (AvgIpc) is 2.92. The van der Waals surface area contributed by atoms with Gasteiger partial charge in [-0.15, -0.1) is 0 Å². The zero-order valence-electron chi connectivity index (χ0n) is 13.1. The highest BCUT2D eigenvalue weighted by molar-refractivity contribution is 4.93. The molecule has 2 rings (SSSR count). The molecule has 2 saturated heterocycles. The maximum atomic E-state index is 6.02. The number of hydrogen-bond acceptors (Lipinski definition) is 5. The van der Waals surface area contributed by atoms with Crippen LogP contribution in [0.4, 0.5) is 0 Å². The number of rotatable bonds is 7. The van der Waals surface area contributed by atoms with E-state index < -0.39 is 0 Å². The third kappa shape index (κ3) is 3.92. The Morgan fingerprint density at radius 2 is 2.15 bits per heavy atom. The second-order valence-corrected chi connectivity index (χ2v) is 6.18. The van der Waals surface area contributed by atoms with E-state index in [2.05, 4.69) is 24.2 Å². The lowest BCUT2D eigenvalue weighted by atomic mass is 9.80. The summed E-state index contributed by atoms with van der Waals surface area (Å²) in [4.78, 5) is 2.46. The van der Waals surface area contributed by atoms with Crippen LogP contribution in [0.5, 0.6) is 0 Å². The van der Waals surface area contributed by atoms with E-state index >= 15 is 0 Å². The smallest absolute Gasteiger partial charge is 0.0939 e. The van der Waals surface area contributed by atoms with Gasteiger partial charge in [0.2, 0.25) is 0 Å². The Labute approximate surface area is 123 Å². The SMILES string of the molecule is CCN(CC)CCC(NN)C1CCOC2(CCOC2)C1. The van der Waals surface area contributed by atoms with Crippen molar-refractivity contribution >= 4 is 0 Å². The predicted octanol–water partition coefficient (Wildman–Crippen LogP) is 1.14. The lowest BCUT2D eigenvalue weighted by Gasteiger charge is -2.40. The molecule has 1 spiro atoms. The van der Waals surface area contributed by atoms with E-state index in [1.54, 1.807) is 0 Å². The zero-order valence-corrected chi connectivity index (χ0v) is 13.1. The van der Waals surface area contributed by atoms with Crippen LogP contribution in [0.3, 0.4) is 0 Å². The van der Waals surface area contributed by atoms with Crippen LogP contribution in [0.2, 0.25) is 0 Å². The standard InChI is InChI=1S/C15H31N3O2/c1-3-18(4-2)8-5-14(17-16)13-6-9-20-15(11-13)7-10-19-12-15/h13-14,17H,3-12,16H2,1-2H3. The Morgan fingerprint density at radius 1 is 1.35 bits per heavy atom. The van der Waals surface area contributed by atoms with Crippen LogP contribution in [0, 0.1) is 5.92 Å². The van der Waals surface area contributed by atoms with E-state index in [9.17, 15) is 0 Å². The molecule has 5 heteroatoms. The first-order valence-electron chi connectivity index (χ1n) is 8.13. The number of ether oxygens (including phenoxy) is 2. The van der Waals surface area contributed by atoms with E-state index in [0.29, 0.717) is 12.0 Å². The molecule has 0 radical (unpaired) electrons. The van der Waals surface area contributed by atoms with Gasteiger partial charge in [-0.3, -0.25) is 11.3 Å². The van der Waals surface area contributed by atoms with Gasteiger partial charge in [-0.25, -0.2) is 0 Å². The van der Waals surface area contributed by atoms with Gasteiger partial charge < -0.3 is 14.4 Å². The highest BCUT2D eigenvalue weighted by Crippen LogP contribution is 2.37. The Hall–Kier alpha value is -0.200. The van der Waals surface area contributed by atoms with Crippen LogP contribution in [0.1, 0.15) is 39.5 Å². The van der Waals surface area contributed by atoms with Crippen molar-refractivity contribution in [2.75, 3.05) is 39.5 Å². The summed E-state index contributed by atoms with van der Waals surface area (Å²) in [6.45, 7) is 10.2. The molecule has 0 bridgehead atoms. The first-order chi connectivity index (χ1) is 9.73. The minimum atomic E-state index is -0.0206. The lowest BCUT2D eigenvalue weighted by Crippen LogP contribution is -2.50. The molecular weight excluding hydrogens is 254 g/mol. The summed E-state index contributed by atoms with van der Waals surface area (Å²) < 4.78 is 11.6. The normalized spacial score (nSPS) is 32.1. The number of nitrogens with one attached hydrogen (secondary N) is 1. The van der Waals surface area contributed by atoms with Gasteiger partial charge in [0.15, 0.2) is 0 Å². The van der Waals surface area contributed by atoms with Crippen molar-refractivity contribution in [1.82, 2.24) is 10.3 Å². The zero-order chi connectivity index (χ0) is 14.4. The Kier molecular flexibility index (Phi) is 6.23. The van der Waals surface area contributed by atoms with Crippen LogP contribution >= 0.6 is 0 Å². The van der Waals surface area contributed by atoms with Crippen molar-refractivity contribution in [3.8, 4) is 0 Å². The van der Waals surface area contributed by atoms with Gasteiger partial charge in [-0.05, 0) is 44.8 Å². The molecule has 0 aliphatic carbocycles. The van der Waals surface area contributed by atoms with Gasteiger partial charge in [0, 0.05) is 25.7 Å². The van der Waals surface area contributed by atoms with E-state index in [1.807, 2.05) is 0 Å². The quantitative estimate of drug-likeness (QED) is 0.542. The molecule has 2 heterocycles. The highest BCUT2D eigenvalue weighted by atomic mass is 16.6. The summed E-state index contributed by atoms with van der Waals surface area (Å²) in [7, 11) is 0. The molecule has 3 unspecified atom stereocenters. The molecule has 118 valence electrons. The van der Waals surface area contributed by atoms with Gasteiger partial charge >= 0.3 is 0 Å². The van der Waals surface area contributed by atoms with Crippen LogP contribution < -0.4 is 11.3 Å². The number of hydrogen-bond donors (Lipinski definition) is 2. The minimum Gasteiger partial charge on any atom is -0.378 e. The van der Waals surface area contributed by atoms with Gasteiger partial charge in [-0.2, -0.15) is 0 Å². The molecule has 2 fully saturated rings. The maximum absolute atomic E-state index is 6.02. The van der Waals surface area contributed by atoms with Gasteiger partial charge in [0.1, 0.15) is 0 Å². The molecule has 3 atom stereocenters. The van der Waals surface area contributed by atoms with Gasteiger partial charge in [0.05, 0.1) is 12.2 Å². The molecule has 0 aromatic rings. The van der Waals surface area contributed by atoms with Crippen molar-refractivity contribution in [1.29, 1.82) is 0 Å². The van der Waals surface area contributed by atoms with E-state index in [1.165, 1.54) is 0 Å². The highest BCUT2D eigenvalue weighted by Gasteiger charge is 2.42. The molecule has 0 aromatic carbocycles. The number of hydrazine groups is 1. The first-order valence-corrected chi connectivity index (χ1v) is 8.13. The predicted molar refractivity (Wildman–Crippen MR) is 80.4 cm³/mol. The van der Waals surface area contributed by atoms with Crippen LogP contribution in [-0.4, -0.2) is 56.0 Å². The van der Waals surface area contributed by atoms with Crippen molar-refractivity contribution in [2.45, 2.75) is 51.2 Å². The first kappa shape index (κ1) is 16.2. The van der Waals surface area contributed by atoms with Crippen LogP contribution in [0.25, 0.3) is 0 Å². The third-order valence-electron chi connectivity index (χ3n) is 5.03. The third-order valence-corrected chi connectivity index (χ3v) is 5.03. The summed E-state index contributed by atoms with van der Waals surface area (Å²) in [6, 6.07) is 0.386. The maximum Gasteiger partial charge on any atom is 0.0939 e. The Balaban J connectivity index is 1.86. The summed E-state index contributed by atoms with van der Waals surface area (Å²) in [6.07, 6.45) is 4.34. The van der Waals surface area contributed by atoms with Crippen molar-refractivity contribution < 1.29 is 9.47 Å². The summed E-state index contributed by atoms with van der Waals surface area (Å²) in [5, 5.41) is 0. The second kappa shape index (κ2) is 7.71. The lowest BCUT2D eigenvalue weighted by molar-refractivity contribution is -0.103. The van der Waals surface area contributed by atoms with Gasteiger partial charge in [-0.1, -0.05) is 13.8 Å². The van der Waals surface area contributed by atoms with Crippen molar-refractivity contribution in [3.63, 3.8) is 0 Å². The Bertz CT molecular complexity index is 278.